The quantitative estimate of drug-likeness (QED) is 0.823. The van der Waals surface area contributed by atoms with Crippen LogP contribution in [0.4, 0.5) is 0 Å². The molecule has 0 fully saturated rings. The topological polar surface area (TPSA) is 59.3 Å². The van der Waals surface area contributed by atoms with E-state index in [2.05, 4.69) is 15.6 Å². The zero-order valence-electron chi connectivity index (χ0n) is 9.56. The first kappa shape index (κ1) is 10.6. The number of hydrogen-bond donors (Lipinski definition) is 1. The Labute approximate surface area is 93.5 Å². The number of carbonyl (C=O) groups is 1. The number of rotatable bonds is 2. The molecule has 0 spiro atoms. The molecule has 0 aromatic carbocycles. The van der Waals surface area contributed by atoms with Gasteiger partial charge in [-0.15, -0.1) is 5.10 Å². The average molecular weight is 218 g/mol. The van der Waals surface area contributed by atoms with Gasteiger partial charge in [0.05, 0.1) is 5.52 Å². The first-order valence-electron chi connectivity index (χ1n) is 5.20. The molecule has 1 N–H and O–H groups in total. The summed E-state index contributed by atoms with van der Waals surface area (Å²) in [6.45, 7) is 5.79. The summed E-state index contributed by atoms with van der Waals surface area (Å²) >= 11 is 0. The van der Waals surface area contributed by atoms with Crippen LogP contribution in [0.2, 0.25) is 0 Å². The van der Waals surface area contributed by atoms with Crippen LogP contribution in [0.15, 0.2) is 18.3 Å². The molecule has 0 aliphatic carbocycles. The van der Waals surface area contributed by atoms with Crippen LogP contribution in [-0.2, 0) is 0 Å². The Balaban J connectivity index is 2.44. The minimum absolute atomic E-state index is 0.0917. The predicted octanol–water partition coefficient (Wildman–Crippen LogP) is 1.18. The first-order valence-corrected chi connectivity index (χ1v) is 5.20. The van der Waals surface area contributed by atoms with E-state index in [1.165, 1.54) is 0 Å². The molecule has 5 heteroatoms. The van der Waals surface area contributed by atoms with Gasteiger partial charge in [-0.25, -0.2) is 4.52 Å². The third kappa shape index (κ3) is 1.88. The van der Waals surface area contributed by atoms with Gasteiger partial charge in [-0.2, -0.15) is 0 Å². The summed E-state index contributed by atoms with van der Waals surface area (Å²) < 4.78 is 1.60. The normalized spacial score (nSPS) is 11.0. The van der Waals surface area contributed by atoms with Gasteiger partial charge < -0.3 is 5.32 Å². The summed E-state index contributed by atoms with van der Waals surface area (Å²) in [6.07, 6.45) is 1.80. The Morgan fingerprint density at radius 2 is 2.25 bits per heavy atom. The second-order valence-electron chi connectivity index (χ2n) is 4.10. The van der Waals surface area contributed by atoms with Gasteiger partial charge in [0, 0.05) is 12.2 Å². The molecule has 0 aliphatic heterocycles. The number of carbonyl (C=O) groups excluding carboxylic acids is 1. The zero-order chi connectivity index (χ0) is 11.7. The van der Waals surface area contributed by atoms with Gasteiger partial charge >= 0.3 is 0 Å². The number of hydrogen-bond acceptors (Lipinski definition) is 3. The molecule has 0 atom stereocenters. The van der Waals surface area contributed by atoms with Crippen LogP contribution < -0.4 is 5.32 Å². The highest BCUT2D eigenvalue weighted by atomic mass is 16.2. The van der Waals surface area contributed by atoms with Crippen molar-refractivity contribution in [1.82, 2.24) is 20.1 Å². The Morgan fingerprint density at radius 3 is 2.94 bits per heavy atom. The third-order valence-corrected chi connectivity index (χ3v) is 2.21. The summed E-state index contributed by atoms with van der Waals surface area (Å²) in [7, 11) is 0. The number of aryl methyl sites for hydroxylation is 1. The third-order valence-electron chi connectivity index (χ3n) is 2.21. The van der Waals surface area contributed by atoms with E-state index >= 15 is 0 Å². The number of nitrogens with one attached hydrogen (secondary N) is 1. The molecule has 84 valence electrons. The molecule has 0 aliphatic rings. The highest BCUT2D eigenvalue weighted by molar-refractivity contribution is 5.98. The van der Waals surface area contributed by atoms with E-state index in [0.29, 0.717) is 5.69 Å². The predicted molar refractivity (Wildman–Crippen MR) is 60.3 cm³/mol. The van der Waals surface area contributed by atoms with E-state index < -0.39 is 0 Å². The zero-order valence-corrected chi connectivity index (χ0v) is 9.56. The highest BCUT2D eigenvalue weighted by Crippen LogP contribution is 2.09. The molecule has 0 saturated carbocycles. The van der Waals surface area contributed by atoms with Crippen LogP contribution in [-0.4, -0.2) is 26.8 Å². The van der Waals surface area contributed by atoms with Crippen molar-refractivity contribution in [3.05, 3.63) is 29.6 Å². The molecule has 0 saturated heterocycles. The maximum Gasteiger partial charge on any atom is 0.274 e. The summed E-state index contributed by atoms with van der Waals surface area (Å²) in [5.41, 5.74) is 2.18. The van der Waals surface area contributed by atoms with Gasteiger partial charge in [-0.3, -0.25) is 4.79 Å². The van der Waals surface area contributed by atoms with Gasteiger partial charge in [0.15, 0.2) is 5.69 Å². The molecule has 2 heterocycles. The maximum atomic E-state index is 11.8. The molecule has 0 bridgehead atoms. The fourth-order valence-electron chi connectivity index (χ4n) is 1.49. The lowest BCUT2D eigenvalue weighted by atomic mass is 10.2. The van der Waals surface area contributed by atoms with E-state index in [4.69, 9.17) is 0 Å². The summed E-state index contributed by atoms with van der Waals surface area (Å²) in [4.78, 5) is 11.8. The number of pyridine rings is 1. The molecule has 5 nitrogen and oxygen atoms in total. The van der Waals surface area contributed by atoms with Crippen LogP contribution in [0.5, 0.6) is 0 Å². The smallest absolute Gasteiger partial charge is 0.274 e. The number of fused-ring (bicyclic) bond motifs is 1. The Morgan fingerprint density at radius 1 is 1.50 bits per heavy atom. The number of nitrogens with zero attached hydrogens (tertiary/aromatic N) is 3. The van der Waals surface area contributed by atoms with E-state index in [1.807, 2.05) is 32.9 Å². The minimum Gasteiger partial charge on any atom is -0.348 e. The van der Waals surface area contributed by atoms with Crippen molar-refractivity contribution in [2.45, 2.75) is 26.8 Å². The molecule has 1 amide bonds. The van der Waals surface area contributed by atoms with Crippen molar-refractivity contribution in [3.63, 3.8) is 0 Å². The SMILES string of the molecule is Cc1ccn2nnc(C(=O)NC(C)C)c2c1. The molecular formula is C11H14N4O. The van der Waals surface area contributed by atoms with Crippen molar-refractivity contribution >= 4 is 11.4 Å². The van der Waals surface area contributed by atoms with Gasteiger partial charge in [0.25, 0.3) is 5.91 Å². The number of aromatic nitrogens is 3. The van der Waals surface area contributed by atoms with Crippen molar-refractivity contribution in [1.29, 1.82) is 0 Å². The first-order chi connectivity index (χ1) is 7.58. The standard InChI is InChI=1S/C11H14N4O/c1-7(2)12-11(16)10-9-6-8(3)4-5-15(9)14-13-10/h4-7H,1-3H3,(H,12,16). The van der Waals surface area contributed by atoms with Gasteiger partial charge in [-0.05, 0) is 38.5 Å². The second kappa shape index (κ2) is 3.92. The largest absolute Gasteiger partial charge is 0.348 e. The monoisotopic (exact) mass is 218 g/mol. The van der Waals surface area contributed by atoms with Gasteiger partial charge in [0.2, 0.25) is 0 Å². The Bertz CT molecular complexity index is 530. The molecule has 0 unspecified atom stereocenters. The molecule has 2 aromatic heterocycles. The fraction of sp³-hybridized carbons (Fsp3) is 0.364. The summed E-state index contributed by atoms with van der Waals surface area (Å²) in [6, 6.07) is 3.91. The highest BCUT2D eigenvalue weighted by Gasteiger charge is 2.15. The van der Waals surface area contributed by atoms with E-state index in [9.17, 15) is 4.79 Å². The molecular weight excluding hydrogens is 204 g/mol. The summed E-state index contributed by atoms with van der Waals surface area (Å²) in [5, 5.41) is 10.6. The average Bonchev–Trinajstić information content (AvgIpc) is 2.59. The van der Waals surface area contributed by atoms with E-state index in [0.717, 1.165) is 11.1 Å². The second-order valence-corrected chi connectivity index (χ2v) is 4.10. The molecule has 16 heavy (non-hydrogen) atoms. The van der Waals surface area contributed by atoms with Crippen LogP contribution >= 0.6 is 0 Å². The van der Waals surface area contributed by atoms with Crippen LogP contribution in [0.25, 0.3) is 5.52 Å². The van der Waals surface area contributed by atoms with Crippen LogP contribution in [0, 0.1) is 6.92 Å². The molecule has 2 aromatic rings. The lowest BCUT2D eigenvalue weighted by Crippen LogP contribution is -2.30. The number of amides is 1. The van der Waals surface area contributed by atoms with Crippen LogP contribution in [0.1, 0.15) is 29.9 Å². The minimum atomic E-state index is -0.185. The van der Waals surface area contributed by atoms with Gasteiger partial charge in [-0.1, -0.05) is 5.21 Å². The lowest BCUT2D eigenvalue weighted by Gasteiger charge is -2.05. The molecule has 2 rings (SSSR count). The Hall–Kier alpha value is -1.91. The van der Waals surface area contributed by atoms with E-state index in [1.54, 1.807) is 10.7 Å². The maximum absolute atomic E-state index is 11.8. The lowest BCUT2D eigenvalue weighted by molar-refractivity contribution is 0.0939. The van der Waals surface area contributed by atoms with Gasteiger partial charge in [0.1, 0.15) is 0 Å². The van der Waals surface area contributed by atoms with Crippen molar-refractivity contribution in [2.75, 3.05) is 0 Å². The van der Waals surface area contributed by atoms with E-state index in [-0.39, 0.29) is 11.9 Å². The molecule has 0 radical (unpaired) electrons. The Kier molecular flexibility index (Phi) is 2.60. The van der Waals surface area contributed by atoms with Crippen molar-refractivity contribution < 1.29 is 4.79 Å². The summed E-state index contributed by atoms with van der Waals surface area (Å²) in [5.74, 6) is -0.185. The van der Waals surface area contributed by atoms with Crippen molar-refractivity contribution in [3.8, 4) is 0 Å². The van der Waals surface area contributed by atoms with Crippen LogP contribution in [0.3, 0.4) is 0 Å². The van der Waals surface area contributed by atoms with Crippen molar-refractivity contribution in [2.24, 2.45) is 0 Å². The fourth-order valence-corrected chi connectivity index (χ4v) is 1.49.